The molecule has 3 amide bonds. The molecule has 0 saturated carbocycles. The highest BCUT2D eigenvalue weighted by Crippen LogP contribution is 2.36. The number of nitrogens with one attached hydrogen (secondary N) is 3. The van der Waals surface area contributed by atoms with Gasteiger partial charge >= 0.3 is 0 Å². The van der Waals surface area contributed by atoms with Crippen LogP contribution in [-0.4, -0.2) is 22.7 Å². The maximum atomic E-state index is 12.4. The van der Waals surface area contributed by atoms with Gasteiger partial charge in [-0.25, -0.2) is 0 Å². The lowest BCUT2D eigenvalue weighted by atomic mass is 9.99. The van der Waals surface area contributed by atoms with E-state index in [0.717, 1.165) is 27.8 Å². The molecule has 0 unspecified atom stereocenters. The first-order valence-electron chi connectivity index (χ1n) is 9.66. The molecule has 3 N–H and O–H groups in total. The van der Waals surface area contributed by atoms with Crippen LogP contribution in [0.15, 0.2) is 53.0 Å². The van der Waals surface area contributed by atoms with Crippen molar-refractivity contribution >= 4 is 55.8 Å². The number of fused-ring (bicyclic) bond motifs is 1. The molecule has 2 heterocycles. The number of aryl methyl sites for hydroxylation is 2. The Hall–Kier alpha value is -3.19. The summed E-state index contributed by atoms with van der Waals surface area (Å²) in [7, 11) is 0. The second kappa shape index (κ2) is 8.28. The number of para-hydroxylation sites is 2. The van der Waals surface area contributed by atoms with Gasteiger partial charge in [-0.1, -0.05) is 36.4 Å². The summed E-state index contributed by atoms with van der Waals surface area (Å²) in [4.78, 5) is 40.1. The average Bonchev–Trinajstić information content (AvgIpc) is 3.19. The molecule has 1 aliphatic rings. The van der Waals surface area contributed by atoms with Crippen molar-refractivity contribution in [2.45, 2.75) is 26.2 Å². The fraction of sp³-hybridized carbons (Fsp3) is 0.174. The first kappa shape index (κ1) is 20.1. The van der Waals surface area contributed by atoms with Crippen molar-refractivity contribution in [3.8, 4) is 0 Å². The van der Waals surface area contributed by atoms with Crippen molar-refractivity contribution in [3.05, 3.63) is 69.8 Å². The SMILES string of the molecule is Cc1ccccc1NC(=O)CCCc1[nH]c2ccccc2c1C1=C(Br)C(=O)NC1=O. The van der Waals surface area contributed by atoms with Crippen LogP contribution in [0.25, 0.3) is 16.5 Å². The molecule has 3 aromatic rings. The smallest absolute Gasteiger partial charge is 0.265 e. The van der Waals surface area contributed by atoms with Crippen LogP contribution in [0.3, 0.4) is 0 Å². The van der Waals surface area contributed by atoms with Crippen LogP contribution in [0, 0.1) is 6.92 Å². The summed E-state index contributed by atoms with van der Waals surface area (Å²) in [6.45, 7) is 1.95. The van der Waals surface area contributed by atoms with Crippen LogP contribution < -0.4 is 10.6 Å². The van der Waals surface area contributed by atoms with Gasteiger partial charge in [-0.15, -0.1) is 0 Å². The maximum absolute atomic E-state index is 12.4. The van der Waals surface area contributed by atoms with Gasteiger partial charge in [0.1, 0.15) is 0 Å². The lowest BCUT2D eigenvalue weighted by Gasteiger charge is -2.08. The molecule has 0 atom stereocenters. The van der Waals surface area contributed by atoms with Crippen molar-refractivity contribution < 1.29 is 14.4 Å². The summed E-state index contributed by atoms with van der Waals surface area (Å²) in [5.74, 6) is -0.921. The van der Waals surface area contributed by atoms with Gasteiger partial charge in [-0.2, -0.15) is 0 Å². The second-order valence-electron chi connectivity index (χ2n) is 7.21. The predicted octanol–water partition coefficient (Wildman–Crippen LogP) is 4.20. The molecule has 1 aliphatic heterocycles. The molecular weight excluding hydrogens is 446 g/mol. The van der Waals surface area contributed by atoms with Gasteiger partial charge in [0, 0.05) is 34.3 Å². The Kier molecular flexibility index (Phi) is 5.55. The summed E-state index contributed by atoms with van der Waals surface area (Å²) < 4.78 is 0.232. The third-order valence-corrected chi connectivity index (χ3v) is 5.91. The van der Waals surface area contributed by atoms with Gasteiger partial charge in [-0.05, 0) is 53.4 Å². The standard InChI is InChI=1S/C23H20BrN3O3/c1-13-7-2-4-9-15(13)26-18(28)12-6-11-17-19(14-8-3-5-10-16(14)25-17)20-21(24)23(30)27-22(20)29/h2-5,7-10,25H,6,11-12H2,1H3,(H,26,28)(H,27,29,30). The third kappa shape index (κ3) is 3.80. The van der Waals surface area contributed by atoms with E-state index < -0.39 is 11.8 Å². The molecule has 0 bridgehead atoms. The number of carbonyl (C=O) groups is 3. The Bertz CT molecular complexity index is 1210. The topological polar surface area (TPSA) is 91.1 Å². The fourth-order valence-electron chi connectivity index (χ4n) is 3.68. The third-order valence-electron chi connectivity index (χ3n) is 5.16. The van der Waals surface area contributed by atoms with Gasteiger partial charge in [-0.3, -0.25) is 19.7 Å². The van der Waals surface area contributed by atoms with Crippen molar-refractivity contribution in [2.24, 2.45) is 0 Å². The Labute approximate surface area is 181 Å². The maximum Gasteiger partial charge on any atom is 0.265 e. The van der Waals surface area contributed by atoms with Crippen LogP contribution in [0.2, 0.25) is 0 Å². The van der Waals surface area contributed by atoms with Crippen molar-refractivity contribution in [2.75, 3.05) is 5.32 Å². The summed E-state index contributed by atoms with van der Waals surface area (Å²) in [6, 6.07) is 15.3. The zero-order valence-corrected chi connectivity index (χ0v) is 17.9. The van der Waals surface area contributed by atoms with Crippen LogP contribution >= 0.6 is 15.9 Å². The van der Waals surface area contributed by atoms with Gasteiger partial charge in [0.05, 0.1) is 10.1 Å². The number of H-pyrrole nitrogens is 1. The van der Waals surface area contributed by atoms with E-state index in [0.29, 0.717) is 30.4 Å². The monoisotopic (exact) mass is 465 g/mol. The van der Waals surface area contributed by atoms with Crippen LogP contribution in [-0.2, 0) is 20.8 Å². The highest BCUT2D eigenvalue weighted by atomic mass is 79.9. The number of aromatic amines is 1. The Morgan fingerprint density at radius 2 is 1.77 bits per heavy atom. The molecule has 1 aromatic heterocycles. The van der Waals surface area contributed by atoms with Crippen molar-refractivity contribution in [1.29, 1.82) is 0 Å². The van der Waals surface area contributed by atoms with Gasteiger partial charge < -0.3 is 10.3 Å². The summed E-state index contributed by atoms with van der Waals surface area (Å²) >= 11 is 3.26. The van der Waals surface area contributed by atoms with Gasteiger partial charge in [0.25, 0.3) is 11.8 Å². The Morgan fingerprint density at radius 1 is 1.03 bits per heavy atom. The number of carbonyl (C=O) groups excluding carboxylic acids is 3. The lowest BCUT2D eigenvalue weighted by molar-refractivity contribution is -0.123. The molecular formula is C23H20BrN3O3. The van der Waals surface area contributed by atoms with E-state index in [1.165, 1.54) is 0 Å². The van der Waals surface area contributed by atoms with Crippen LogP contribution in [0.4, 0.5) is 5.69 Å². The zero-order valence-electron chi connectivity index (χ0n) is 16.3. The summed E-state index contributed by atoms with van der Waals surface area (Å²) in [5, 5.41) is 6.13. The molecule has 0 spiro atoms. The molecule has 152 valence electrons. The molecule has 4 rings (SSSR count). The van der Waals surface area contributed by atoms with Crippen LogP contribution in [0.1, 0.15) is 29.7 Å². The molecule has 30 heavy (non-hydrogen) atoms. The normalized spacial score (nSPS) is 13.8. The number of hydrogen-bond acceptors (Lipinski definition) is 3. The number of benzene rings is 2. The minimum Gasteiger partial charge on any atom is -0.358 e. The van der Waals surface area contributed by atoms with E-state index in [1.807, 2.05) is 55.5 Å². The molecule has 0 saturated heterocycles. The predicted molar refractivity (Wildman–Crippen MR) is 120 cm³/mol. The molecule has 6 nitrogen and oxygen atoms in total. The molecule has 0 aliphatic carbocycles. The first-order chi connectivity index (χ1) is 14.5. The second-order valence-corrected chi connectivity index (χ2v) is 8.01. The van der Waals surface area contributed by atoms with E-state index in [2.05, 4.69) is 31.5 Å². The van der Waals surface area contributed by atoms with E-state index in [1.54, 1.807) is 0 Å². The molecule has 7 heteroatoms. The van der Waals surface area contributed by atoms with Crippen molar-refractivity contribution in [3.63, 3.8) is 0 Å². The largest absolute Gasteiger partial charge is 0.358 e. The number of aromatic nitrogens is 1. The van der Waals surface area contributed by atoms with E-state index in [9.17, 15) is 14.4 Å². The number of hydrogen-bond donors (Lipinski definition) is 3. The number of halogens is 1. The zero-order chi connectivity index (χ0) is 21.3. The Balaban J connectivity index is 1.55. The fourth-order valence-corrected chi connectivity index (χ4v) is 4.16. The number of anilines is 1. The molecule has 2 aromatic carbocycles. The number of amides is 3. The summed E-state index contributed by atoms with van der Waals surface area (Å²) in [5.41, 5.74) is 4.57. The number of imide groups is 1. The minimum absolute atomic E-state index is 0.0591. The van der Waals surface area contributed by atoms with Gasteiger partial charge in [0.15, 0.2) is 0 Å². The van der Waals surface area contributed by atoms with Crippen molar-refractivity contribution in [1.82, 2.24) is 10.3 Å². The van der Waals surface area contributed by atoms with E-state index in [-0.39, 0.29) is 10.4 Å². The minimum atomic E-state index is -0.441. The first-order valence-corrected chi connectivity index (χ1v) is 10.5. The van der Waals surface area contributed by atoms with E-state index in [4.69, 9.17) is 0 Å². The van der Waals surface area contributed by atoms with Gasteiger partial charge in [0.2, 0.25) is 5.91 Å². The summed E-state index contributed by atoms with van der Waals surface area (Å²) in [6.07, 6.45) is 1.50. The highest BCUT2D eigenvalue weighted by molar-refractivity contribution is 9.12. The molecule has 0 radical (unpaired) electrons. The van der Waals surface area contributed by atoms with Crippen LogP contribution in [0.5, 0.6) is 0 Å². The lowest BCUT2D eigenvalue weighted by Crippen LogP contribution is -2.22. The average molecular weight is 466 g/mol. The Morgan fingerprint density at radius 3 is 2.50 bits per heavy atom. The highest BCUT2D eigenvalue weighted by Gasteiger charge is 2.32. The molecule has 0 fully saturated rings. The quantitative estimate of drug-likeness (QED) is 0.476. The number of rotatable bonds is 6. The van der Waals surface area contributed by atoms with E-state index >= 15 is 0 Å².